The Morgan fingerprint density at radius 1 is 1.19 bits per heavy atom. The minimum Gasteiger partial charge on any atom is -0.332 e. The smallest absolute Gasteiger partial charge is 0.318 e. The largest absolute Gasteiger partial charge is 0.332 e. The standard InChI is InChI=1S/C16H18N4O/c21-16(19-12-13-6-1-3-9-17-13)20-11-5-8-15(20)14-7-2-4-10-18-14/h1-4,6-7,9-10,15H,5,8,11-12H2,(H,19,21)/t15-/m1/s1. The van der Waals surface area contributed by atoms with Gasteiger partial charge in [0.05, 0.1) is 24.0 Å². The maximum absolute atomic E-state index is 12.4. The Kier molecular flexibility index (Phi) is 4.09. The molecule has 0 bridgehead atoms. The first-order chi connectivity index (χ1) is 10.3. The molecule has 5 heteroatoms. The third-order valence-electron chi connectivity index (χ3n) is 3.69. The molecule has 1 fully saturated rings. The van der Waals surface area contributed by atoms with E-state index in [1.54, 1.807) is 12.4 Å². The summed E-state index contributed by atoms with van der Waals surface area (Å²) in [7, 11) is 0. The molecule has 3 rings (SSSR count). The van der Waals surface area contributed by atoms with Gasteiger partial charge >= 0.3 is 6.03 Å². The summed E-state index contributed by atoms with van der Waals surface area (Å²) in [6.07, 6.45) is 5.48. The summed E-state index contributed by atoms with van der Waals surface area (Å²) in [6, 6.07) is 11.6. The lowest BCUT2D eigenvalue weighted by atomic mass is 10.1. The van der Waals surface area contributed by atoms with Crippen molar-refractivity contribution in [3.05, 3.63) is 60.2 Å². The van der Waals surface area contributed by atoms with Crippen LogP contribution >= 0.6 is 0 Å². The Balaban J connectivity index is 1.64. The van der Waals surface area contributed by atoms with E-state index in [9.17, 15) is 4.79 Å². The monoisotopic (exact) mass is 282 g/mol. The third-order valence-corrected chi connectivity index (χ3v) is 3.69. The van der Waals surface area contributed by atoms with Crippen molar-refractivity contribution in [3.63, 3.8) is 0 Å². The van der Waals surface area contributed by atoms with Crippen LogP contribution in [-0.2, 0) is 6.54 Å². The second-order valence-electron chi connectivity index (χ2n) is 5.09. The second kappa shape index (κ2) is 6.35. The summed E-state index contributed by atoms with van der Waals surface area (Å²) >= 11 is 0. The first kappa shape index (κ1) is 13.5. The molecular weight excluding hydrogens is 264 g/mol. The molecule has 0 aromatic carbocycles. The summed E-state index contributed by atoms with van der Waals surface area (Å²) in [5.74, 6) is 0. The molecule has 1 aliphatic heterocycles. The topological polar surface area (TPSA) is 58.1 Å². The third kappa shape index (κ3) is 3.18. The van der Waals surface area contributed by atoms with E-state index < -0.39 is 0 Å². The highest BCUT2D eigenvalue weighted by Gasteiger charge is 2.30. The number of rotatable bonds is 3. The van der Waals surface area contributed by atoms with Crippen LogP contribution in [0.15, 0.2) is 48.8 Å². The van der Waals surface area contributed by atoms with Crippen molar-refractivity contribution >= 4 is 6.03 Å². The molecule has 2 aromatic rings. The lowest BCUT2D eigenvalue weighted by molar-refractivity contribution is 0.191. The van der Waals surface area contributed by atoms with Crippen molar-refractivity contribution in [2.45, 2.75) is 25.4 Å². The van der Waals surface area contributed by atoms with Gasteiger partial charge in [0.15, 0.2) is 0 Å². The highest BCUT2D eigenvalue weighted by atomic mass is 16.2. The molecule has 108 valence electrons. The summed E-state index contributed by atoms with van der Waals surface area (Å²) in [5.41, 5.74) is 1.82. The van der Waals surface area contributed by atoms with Gasteiger partial charge in [0, 0.05) is 18.9 Å². The van der Waals surface area contributed by atoms with Gasteiger partial charge in [-0.1, -0.05) is 12.1 Å². The molecule has 0 saturated carbocycles. The summed E-state index contributed by atoms with van der Waals surface area (Å²) in [6.45, 7) is 1.22. The number of carbonyl (C=O) groups excluding carboxylic acids is 1. The minimum atomic E-state index is -0.0474. The number of carbonyl (C=O) groups is 1. The zero-order valence-corrected chi connectivity index (χ0v) is 11.8. The van der Waals surface area contributed by atoms with Gasteiger partial charge in [-0.2, -0.15) is 0 Å². The Hall–Kier alpha value is -2.43. The fraction of sp³-hybridized carbons (Fsp3) is 0.312. The van der Waals surface area contributed by atoms with E-state index in [4.69, 9.17) is 0 Å². The van der Waals surface area contributed by atoms with Crippen LogP contribution in [0, 0.1) is 0 Å². The fourth-order valence-electron chi connectivity index (χ4n) is 2.66. The number of likely N-dealkylation sites (tertiary alicyclic amines) is 1. The average Bonchev–Trinajstić information content (AvgIpc) is 3.04. The number of urea groups is 1. The van der Waals surface area contributed by atoms with E-state index in [1.807, 2.05) is 41.3 Å². The van der Waals surface area contributed by atoms with Gasteiger partial charge in [0.2, 0.25) is 0 Å². The Morgan fingerprint density at radius 3 is 2.71 bits per heavy atom. The van der Waals surface area contributed by atoms with Crippen molar-refractivity contribution in [2.75, 3.05) is 6.54 Å². The van der Waals surface area contributed by atoms with Gasteiger partial charge in [-0.25, -0.2) is 4.79 Å². The van der Waals surface area contributed by atoms with Gasteiger partial charge in [-0.3, -0.25) is 9.97 Å². The molecule has 0 radical (unpaired) electrons. The van der Waals surface area contributed by atoms with E-state index in [2.05, 4.69) is 15.3 Å². The Bertz CT molecular complexity index is 588. The molecule has 21 heavy (non-hydrogen) atoms. The molecule has 1 aliphatic rings. The minimum absolute atomic E-state index is 0.0474. The first-order valence-electron chi connectivity index (χ1n) is 7.20. The van der Waals surface area contributed by atoms with Crippen LogP contribution < -0.4 is 5.32 Å². The normalized spacial score (nSPS) is 17.7. The molecule has 1 saturated heterocycles. The molecule has 1 atom stereocenters. The number of pyridine rings is 2. The maximum atomic E-state index is 12.4. The zero-order chi connectivity index (χ0) is 14.5. The molecule has 1 N–H and O–H groups in total. The molecule has 0 aliphatic carbocycles. The van der Waals surface area contributed by atoms with Crippen LogP contribution in [0.1, 0.15) is 30.3 Å². The van der Waals surface area contributed by atoms with E-state index in [0.717, 1.165) is 30.8 Å². The maximum Gasteiger partial charge on any atom is 0.318 e. The number of nitrogens with one attached hydrogen (secondary N) is 1. The SMILES string of the molecule is O=C(NCc1ccccn1)N1CCC[C@@H]1c1ccccn1. The van der Waals surface area contributed by atoms with Crippen LogP contribution in [0.5, 0.6) is 0 Å². The molecule has 2 amide bonds. The van der Waals surface area contributed by atoms with E-state index in [0.29, 0.717) is 6.54 Å². The van der Waals surface area contributed by atoms with E-state index in [1.165, 1.54) is 0 Å². The predicted molar refractivity (Wildman–Crippen MR) is 79.4 cm³/mol. The van der Waals surface area contributed by atoms with Crippen LogP contribution in [0.3, 0.4) is 0 Å². The first-order valence-corrected chi connectivity index (χ1v) is 7.20. The van der Waals surface area contributed by atoms with Gasteiger partial charge in [-0.15, -0.1) is 0 Å². The highest BCUT2D eigenvalue weighted by molar-refractivity contribution is 5.75. The second-order valence-corrected chi connectivity index (χ2v) is 5.09. The van der Waals surface area contributed by atoms with Gasteiger partial charge in [0.1, 0.15) is 0 Å². The predicted octanol–water partition coefficient (Wildman–Crippen LogP) is 2.52. The average molecular weight is 282 g/mol. The number of hydrogen-bond donors (Lipinski definition) is 1. The molecular formula is C16H18N4O. The van der Waals surface area contributed by atoms with Crippen LogP contribution in [0.2, 0.25) is 0 Å². The summed E-state index contributed by atoms with van der Waals surface area (Å²) in [5, 5.41) is 2.94. The van der Waals surface area contributed by atoms with Crippen molar-refractivity contribution in [2.24, 2.45) is 0 Å². The van der Waals surface area contributed by atoms with Crippen LogP contribution in [0.25, 0.3) is 0 Å². The van der Waals surface area contributed by atoms with Crippen molar-refractivity contribution in [1.82, 2.24) is 20.2 Å². The number of aromatic nitrogens is 2. The molecule has 2 aromatic heterocycles. The molecule has 5 nitrogen and oxygen atoms in total. The summed E-state index contributed by atoms with van der Waals surface area (Å²) in [4.78, 5) is 22.8. The van der Waals surface area contributed by atoms with E-state index in [-0.39, 0.29) is 12.1 Å². The zero-order valence-electron chi connectivity index (χ0n) is 11.8. The van der Waals surface area contributed by atoms with Crippen molar-refractivity contribution in [1.29, 1.82) is 0 Å². The molecule has 0 spiro atoms. The van der Waals surface area contributed by atoms with Crippen LogP contribution in [0.4, 0.5) is 4.79 Å². The summed E-state index contributed by atoms with van der Waals surface area (Å²) < 4.78 is 0. The molecule has 3 heterocycles. The number of nitrogens with zero attached hydrogens (tertiary/aromatic N) is 3. The Morgan fingerprint density at radius 2 is 2.00 bits per heavy atom. The lowest BCUT2D eigenvalue weighted by Gasteiger charge is -2.24. The number of amides is 2. The molecule has 0 unspecified atom stereocenters. The van der Waals surface area contributed by atoms with Gasteiger partial charge < -0.3 is 10.2 Å². The van der Waals surface area contributed by atoms with E-state index >= 15 is 0 Å². The van der Waals surface area contributed by atoms with Crippen LogP contribution in [-0.4, -0.2) is 27.4 Å². The Labute approximate surface area is 124 Å². The van der Waals surface area contributed by atoms with Gasteiger partial charge in [-0.05, 0) is 37.1 Å². The number of hydrogen-bond acceptors (Lipinski definition) is 3. The van der Waals surface area contributed by atoms with Crippen molar-refractivity contribution < 1.29 is 4.79 Å². The van der Waals surface area contributed by atoms with Gasteiger partial charge in [0.25, 0.3) is 0 Å². The highest BCUT2D eigenvalue weighted by Crippen LogP contribution is 2.30. The lowest BCUT2D eigenvalue weighted by Crippen LogP contribution is -2.39. The fourth-order valence-corrected chi connectivity index (χ4v) is 2.66. The quantitative estimate of drug-likeness (QED) is 0.941. The van der Waals surface area contributed by atoms with Crippen molar-refractivity contribution in [3.8, 4) is 0 Å².